The topological polar surface area (TPSA) is 94.2 Å². The predicted octanol–water partition coefficient (Wildman–Crippen LogP) is 3.05. The number of carbonyl (C=O) groups excluding carboxylic acids is 1. The number of benzene rings is 1. The lowest BCUT2D eigenvalue weighted by Crippen LogP contribution is -2.35. The molecule has 3 aromatic rings. The van der Waals surface area contributed by atoms with Crippen LogP contribution in [0.1, 0.15) is 37.1 Å². The first kappa shape index (κ1) is 19.7. The van der Waals surface area contributed by atoms with Gasteiger partial charge in [-0.05, 0) is 36.8 Å². The van der Waals surface area contributed by atoms with Gasteiger partial charge in [-0.2, -0.15) is 4.98 Å². The molecule has 8 nitrogen and oxygen atoms in total. The molecule has 1 saturated carbocycles. The largest absolute Gasteiger partial charge is 0.496 e. The number of para-hydroxylation sites is 1. The van der Waals surface area contributed by atoms with Gasteiger partial charge < -0.3 is 14.2 Å². The van der Waals surface area contributed by atoms with Crippen molar-refractivity contribution in [2.24, 2.45) is 5.92 Å². The van der Waals surface area contributed by atoms with E-state index in [-0.39, 0.29) is 11.3 Å². The molecule has 8 heteroatoms. The zero-order chi connectivity index (χ0) is 21.3. The number of fused-ring (bicyclic) bond motifs is 1. The summed E-state index contributed by atoms with van der Waals surface area (Å²) < 4.78 is 10.9. The summed E-state index contributed by atoms with van der Waals surface area (Å²) in [6.07, 6.45) is 9.10. The summed E-state index contributed by atoms with van der Waals surface area (Å²) in [4.78, 5) is 28.0. The molecule has 0 unspecified atom stereocenters. The van der Waals surface area contributed by atoms with Crippen LogP contribution in [0.5, 0.6) is 5.75 Å². The van der Waals surface area contributed by atoms with Crippen molar-refractivity contribution in [3.63, 3.8) is 0 Å². The Bertz CT molecular complexity index is 1070. The third-order valence-electron chi connectivity index (χ3n) is 6.68. The number of methoxy groups -OCH3 is 1. The fourth-order valence-electron chi connectivity index (χ4n) is 5.09. The minimum absolute atomic E-state index is 0.164. The molecule has 2 aliphatic rings. The number of hydrogen-bond donors (Lipinski definition) is 0. The lowest BCUT2D eigenvalue weighted by atomic mass is 9.80. The average molecular weight is 419 g/mol. The Morgan fingerprint density at radius 1 is 1.32 bits per heavy atom. The first-order valence-electron chi connectivity index (χ1n) is 10.7. The number of carbonyl (C=O) groups is 1. The smallest absolute Gasteiger partial charge is 0.278 e. The molecule has 0 spiro atoms. The van der Waals surface area contributed by atoms with Crippen LogP contribution in [0.4, 0.5) is 0 Å². The SMILES string of the molecule is COc1ccccc1CCC(=O)N1C[C@H]2CCC[C@@]2(c2noc(-c3cnccn3)n2)C1. The van der Waals surface area contributed by atoms with Gasteiger partial charge in [0.15, 0.2) is 5.82 Å². The summed E-state index contributed by atoms with van der Waals surface area (Å²) >= 11 is 0. The fourth-order valence-corrected chi connectivity index (χ4v) is 5.09. The Kier molecular flexibility index (Phi) is 5.13. The molecule has 2 fully saturated rings. The number of aryl methyl sites for hydroxylation is 1. The van der Waals surface area contributed by atoms with E-state index in [4.69, 9.17) is 9.26 Å². The molecule has 1 saturated heterocycles. The van der Waals surface area contributed by atoms with E-state index in [1.165, 1.54) is 0 Å². The first-order valence-corrected chi connectivity index (χ1v) is 10.7. The molecular formula is C23H25N5O3. The van der Waals surface area contributed by atoms with Gasteiger partial charge in [-0.15, -0.1) is 0 Å². The van der Waals surface area contributed by atoms with Gasteiger partial charge in [0.25, 0.3) is 5.89 Å². The minimum atomic E-state index is -0.232. The molecule has 1 amide bonds. The van der Waals surface area contributed by atoms with Crippen LogP contribution in [0.3, 0.4) is 0 Å². The van der Waals surface area contributed by atoms with Gasteiger partial charge in [0, 0.05) is 31.9 Å². The molecular weight excluding hydrogens is 394 g/mol. The normalized spacial score (nSPS) is 22.5. The highest BCUT2D eigenvalue weighted by Gasteiger charge is 2.54. The maximum Gasteiger partial charge on any atom is 0.278 e. The maximum absolute atomic E-state index is 13.1. The van der Waals surface area contributed by atoms with Crippen molar-refractivity contribution < 1.29 is 14.1 Å². The van der Waals surface area contributed by atoms with E-state index in [0.717, 1.165) is 37.1 Å². The minimum Gasteiger partial charge on any atom is -0.496 e. The Balaban J connectivity index is 1.31. The molecule has 1 aliphatic carbocycles. The molecule has 2 atom stereocenters. The van der Waals surface area contributed by atoms with Crippen molar-refractivity contribution in [3.05, 3.63) is 54.2 Å². The van der Waals surface area contributed by atoms with Crippen LogP contribution in [-0.2, 0) is 16.6 Å². The summed E-state index contributed by atoms with van der Waals surface area (Å²) in [6.45, 7) is 1.39. The second-order valence-electron chi connectivity index (χ2n) is 8.35. The summed E-state index contributed by atoms with van der Waals surface area (Å²) in [5.41, 5.74) is 1.39. The fraction of sp³-hybridized carbons (Fsp3) is 0.435. The summed E-state index contributed by atoms with van der Waals surface area (Å²) in [7, 11) is 1.66. The van der Waals surface area contributed by atoms with Crippen molar-refractivity contribution >= 4 is 5.91 Å². The van der Waals surface area contributed by atoms with E-state index < -0.39 is 0 Å². The Hall–Kier alpha value is -3.29. The van der Waals surface area contributed by atoms with Crippen LogP contribution in [0.2, 0.25) is 0 Å². The molecule has 3 heterocycles. The lowest BCUT2D eigenvalue weighted by molar-refractivity contribution is -0.130. The quantitative estimate of drug-likeness (QED) is 0.606. The number of hydrogen-bond acceptors (Lipinski definition) is 7. The standard InChI is InChI=1S/C23H25N5O3/c1-30-19-7-3-2-5-16(19)8-9-20(29)28-14-17-6-4-10-23(17,15-28)22-26-21(31-27-22)18-13-24-11-12-25-18/h2-3,5,7,11-13,17H,4,6,8-10,14-15H2,1H3/t17-,23-/m1/s1. The van der Waals surface area contributed by atoms with Crippen molar-refractivity contribution in [1.82, 2.24) is 25.0 Å². The van der Waals surface area contributed by atoms with Crippen molar-refractivity contribution in [3.8, 4) is 17.3 Å². The Morgan fingerprint density at radius 2 is 2.23 bits per heavy atom. The van der Waals surface area contributed by atoms with Crippen molar-refractivity contribution in [2.45, 2.75) is 37.5 Å². The monoisotopic (exact) mass is 419 g/mol. The van der Waals surface area contributed by atoms with Gasteiger partial charge in [-0.3, -0.25) is 9.78 Å². The highest BCUT2D eigenvalue weighted by atomic mass is 16.5. The van der Waals surface area contributed by atoms with Gasteiger partial charge in [-0.25, -0.2) is 4.98 Å². The summed E-state index contributed by atoms with van der Waals surface area (Å²) in [6, 6.07) is 7.86. The van der Waals surface area contributed by atoms with Gasteiger partial charge in [0.1, 0.15) is 11.4 Å². The molecule has 160 valence electrons. The van der Waals surface area contributed by atoms with Crippen LogP contribution in [0, 0.1) is 5.92 Å². The second kappa shape index (κ2) is 8.09. The molecule has 1 aliphatic heterocycles. The third kappa shape index (κ3) is 3.56. The summed E-state index contributed by atoms with van der Waals surface area (Å²) in [5, 5.41) is 4.31. The first-order chi connectivity index (χ1) is 15.2. The zero-order valence-electron chi connectivity index (χ0n) is 17.5. The van der Waals surface area contributed by atoms with E-state index in [9.17, 15) is 4.79 Å². The second-order valence-corrected chi connectivity index (χ2v) is 8.35. The van der Waals surface area contributed by atoms with E-state index in [0.29, 0.717) is 42.7 Å². The van der Waals surface area contributed by atoms with Crippen molar-refractivity contribution in [1.29, 1.82) is 0 Å². The van der Waals surface area contributed by atoms with E-state index in [2.05, 4.69) is 20.1 Å². The van der Waals surface area contributed by atoms with Crippen LogP contribution in [-0.4, -0.2) is 51.1 Å². The van der Waals surface area contributed by atoms with Gasteiger partial charge in [-0.1, -0.05) is 29.8 Å². The average Bonchev–Trinajstić information content (AvgIpc) is 3.52. The number of nitrogens with zero attached hydrogens (tertiary/aromatic N) is 5. The Labute approximate surface area is 180 Å². The highest BCUT2D eigenvalue weighted by molar-refractivity contribution is 5.77. The van der Waals surface area contributed by atoms with E-state index in [1.807, 2.05) is 29.2 Å². The number of amides is 1. The lowest BCUT2D eigenvalue weighted by Gasteiger charge is -2.24. The maximum atomic E-state index is 13.1. The van der Waals surface area contributed by atoms with E-state index >= 15 is 0 Å². The van der Waals surface area contributed by atoms with Gasteiger partial charge in [0.05, 0.1) is 18.7 Å². The molecule has 2 aromatic heterocycles. The predicted molar refractivity (Wildman–Crippen MR) is 112 cm³/mol. The zero-order valence-corrected chi connectivity index (χ0v) is 17.5. The molecule has 1 aromatic carbocycles. The molecule has 5 rings (SSSR count). The van der Waals surface area contributed by atoms with Crippen LogP contribution in [0.15, 0.2) is 47.4 Å². The summed E-state index contributed by atoms with van der Waals surface area (Å²) in [5.74, 6) is 2.42. The molecule has 31 heavy (non-hydrogen) atoms. The number of rotatable bonds is 6. The molecule has 0 N–H and O–H groups in total. The number of aromatic nitrogens is 4. The number of likely N-dealkylation sites (tertiary alicyclic amines) is 1. The molecule has 0 radical (unpaired) electrons. The van der Waals surface area contributed by atoms with Crippen molar-refractivity contribution in [2.75, 3.05) is 20.2 Å². The van der Waals surface area contributed by atoms with Gasteiger partial charge >= 0.3 is 0 Å². The third-order valence-corrected chi connectivity index (χ3v) is 6.68. The van der Waals surface area contributed by atoms with Crippen LogP contribution < -0.4 is 4.74 Å². The highest BCUT2D eigenvalue weighted by Crippen LogP contribution is 2.49. The van der Waals surface area contributed by atoms with Crippen LogP contribution >= 0.6 is 0 Å². The Morgan fingerprint density at radius 3 is 3.06 bits per heavy atom. The number of ether oxygens (including phenoxy) is 1. The van der Waals surface area contributed by atoms with E-state index in [1.54, 1.807) is 25.7 Å². The molecule has 0 bridgehead atoms. The van der Waals surface area contributed by atoms with Gasteiger partial charge in [0.2, 0.25) is 5.91 Å². The van der Waals surface area contributed by atoms with Crippen LogP contribution in [0.25, 0.3) is 11.6 Å².